The van der Waals surface area contributed by atoms with E-state index in [0.717, 1.165) is 10.9 Å². The lowest BCUT2D eigenvalue weighted by Gasteiger charge is -2.24. The van der Waals surface area contributed by atoms with E-state index in [9.17, 15) is 19.2 Å². The number of hydrogen-bond acceptors (Lipinski definition) is 4. The molecule has 0 spiro atoms. The molecule has 2 aromatic rings. The van der Waals surface area contributed by atoms with Crippen LogP contribution in [0.3, 0.4) is 0 Å². The third-order valence-electron chi connectivity index (χ3n) is 5.62. The van der Waals surface area contributed by atoms with E-state index < -0.39 is 23.9 Å². The summed E-state index contributed by atoms with van der Waals surface area (Å²) >= 11 is 5.74. The van der Waals surface area contributed by atoms with E-state index in [4.69, 9.17) is 11.6 Å². The third-order valence-corrected chi connectivity index (χ3v) is 5.89. The largest absolute Gasteiger partial charge is 0.356 e. The Morgan fingerprint density at radius 3 is 2.41 bits per heavy atom. The average Bonchev–Trinajstić information content (AvgIpc) is 3.44. The molecule has 0 aliphatic carbocycles. The van der Waals surface area contributed by atoms with Crippen molar-refractivity contribution in [1.82, 2.24) is 20.9 Å². The van der Waals surface area contributed by atoms with Crippen molar-refractivity contribution in [2.24, 2.45) is 11.8 Å². The summed E-state index contributed by atoms with van der Waals surface area (Å²) in [5, 5.41) is 9.14. The number of alkyl halides is 1. The fraction of sp³-hybridized carbons (Fsp3) is 0.520. The molecule has 8 nitrogen and oxygen atoms in total. The predicted molar refractivity (Wildman–Crippen MR) is 134 cm³/mol. The molecule has 1 aromatic carbocycles. The van der Waals surface area contributed by atoms with Crippen LogP contribution in [0.25, 0.3) is 10.9 Å². The first-order chi connectivity index (χ1) is 16.3. The molecular weight excluding hydrogens is 456 g/mol. The number of fused-ring (bicyclic) bond motifs is 1. The Balaban J connectivity index is 0.00000199. The van der Waals surface area contributed by atoms with Crippen molar-refractivity contribution in [2.75, 3.05) is 12.4 Å². The number of benzene rings is 1. The van der Waals surface area contributed by atoms with Crippen LogP contribution in [0.2, 0.25) is 0 Å². The number of carbonyl (C=O) groups excluding carboxylic acids is 4. The Bertz CT molecular complexity index is 971. The summed E-state index contributed by atoms with van der Waals surface area (Å²) in [6, 6.07) is 7.52. The molecule has 0 bridgehead atoms. The van der Waals surface area contributed by atoms with E-state index in [1.54, 1.807) is 6.07 Å². The van der Waals surface area contributed by atoms with Crippen molar-refractivity contribution >= 4 is 46.0 Å². The molecular formula is C25H35ClN4O4. The fourth-order valence-corrected chi connectivity index (χ4v) is 4.11. The van der Waals surface area contributed by atoms with E-state index in [-0.39, 0.29) is 35.8 Å². The second-order valence-electron chi connectivity index (χ2n) is 8.60. The van der Waals surface area contributed by atoms with Crippen molar-refractivity contribution in [1.29, 1.82) is 0 Å². The lowest BCUT2D eigenvalue weighted by molar-refractivity contribution is -0.129. The molecule has 9 heteroatoms. The molecule has 1 aliphatic rings. The highest BCUT2D eigenvalue weighted by Gasteiger charge is 2.33. The highest BCUT2D eigenvalue weighted by Crippen LogP contribution is 2.18. The number of Topliss-reactive ketones (excluding diaryl/α,β-unsaturated/α-hetero) is 1. The zero-order valence-electron chi connectivity index (χ0n) is 20.2. The molecule has 1 aliphatic heterocycles. The Morgan fingerprint density at radius 1 is 1.12 bits per heavy atom. The van der Waals surface area contributed by atoms with Crippen LogP contribution < -0.4 is 16.0 Å². The van der Waals surface area contributed by atoms with E-state index in [1.165, 1.54) is 0 Å². The molecule has 1 aromatic heterocycles. The first kappa shape index (κ1) is 27.4. The minimum absolute atomic E-state index is 0.122. The van der Waals surface area contributed by atoms with Gasteiger partial charge in [0.1, 0.15) is 11.7 Å². The molecule has 1 saturated heterocycles. The van der Waals surface area contributed by atoms with Gasteiger partial charge in [-0.2, -0.15) is 0 Å². The first-order valence-corrected chi connectivity index (χ1v) is 12.4. The summed E-state index contributed by atoms with van der Waals surface area (Å²) in [5.41, 5.74) is 1.17. The molecule has 2 heterocycles. The Labute approximate surface area is 205 Å². The van der Waals surface area contributed by atoms with Gasteiger partial charge in [0, 0.05) is 23.4 Å². The highest BCUT2D eigenvalue weighted by atomic mass is 35.5. The van der Waals surface area contributed by atoms with E-state index in [2.05, 4.69) is 20.9 Å². The van der Waals surface area contributed by atoms with Gasteiger partial charge in [-0.15, -0.1) is 11.6 Å². The normalized spacial score (nSPS) is 16.9. The quantitative estimate of drug-likeness (QED) is 0.382. The summed E-state index contributed by atoms with van der Waals surface area (Å²) in [4.78, 5) is 53.3. The second kappa shape index (κ2) is 13.1. The number of amides is 3. The molecule has 0 unspecified atom stereocenters. The highest BCUT2D eigenvalue weighted by molar-refractivity contribution is 6.28. The number of hydrogen-bond donors (Lipinski definition) is 4. The number of halogens is 1. The average molecular weight is 491 g/mol. The van der Waals surface area contributed by atoms with Crippen LogP contribution in [0, 0.1) is 11.8 Å². The summed E-state index contributed by atoms with van der Waals surface area (Å²) < 4.78 is 0. The van der Waals surface area contributed by atoms with E-state index in [0.29, 0.717) is 25.1 Å². The van der Waals surface area contributed by atoms with Gasteiger partial charge in [0.25, 0.3) is 5.91 Å². The molecule has 4 N–H and O–H groups in total. The molecule has 0 saturated carbocycles. The van der Waals surface area contributed by atoms with Gasteiger partial charge in [-0.1, -0.05) is 45.9 Å². The minimum Gasteiger partial charge on any atom is -0.356 e. The van der Waals surface area contributed by atoms with Crippen molar-refractivity contribution in [3.05, 3.63) is 36.0 Å². The van der Waals surface area contributed by atoms with E-state index in [1.807, 2.05) is 52.0 Å². The standard InChI is InChI=1S/C23H29ClN4O4.C2H6/c1-13(2)9-18(28-23(32)19-10-14-5-3-4-6-16(14)26-19)22(31)27-17(20(29)12-24)11-15-7-8-25-21(15)30;1-2/h3-6,10,13,15,17-18,26H,7-9,11-12H2,1-2H3,(H,25,30)(H,27,31)(H,28,32);1-2H3/t15-,17-,18-;/m0./s1. The van der Waals surface area contributed by atoms with Crippen LogP contribution in [0.5, 0.6) is 0 Å². The van der Waals surface area contributed by atoms with Gasteiger partial charge in [0.2, 0.25) is 11.8 Å². The topological polar surface area (TPSA) is 120 Å². The molecule has 34 heavy (non-hydrogen) atoms. The van der Waals surface area contributed by atoms with Gasteiger partial charge in [-0.3, -0.25) is 19.2 Å². The van der Waals surface area contributed by atoms with Gasteiger partial charge >= 0.3 is 0 Å². The molecule has 3 rings (SSSR count). The molecule has 3 amide bonds. The van der Waals surface area contributed by atoms with Gasteiger partial charge in [-0.25, -0.2) is 0 Å². The SMILES string of the molecule is CC.CC(C)C[C@H](NC(=O)c1cc2ccccc2[nH]1)C(=O)N[C@@H](C[C@@H]1CCNC1=O)C(=O)CCl. The smallest absolute Gasteiger partial charge is 0.268 e. The monoisotopic (exact) mass is 490 g/mol. The maximum atomic E-state index is 13.1. The van der Waals surface area contributed by atoms with Gasteiger partial charge in [0.15, 0.2) is 5.78 Å². The van der Waals surface area contributed by atoms with Gasteiger partial charge < -0.3 is 20.9 Å². The van der Waals surface area contributed by atoms with E-state index >= 15 is 0 Å². The number of para-hydroxylation sites is 1. The van der Waals surface area contributed by atoms with Crippen molar-refractivity contribution < 1.29 is 19.2 Å². The van der Waals surface area contributed by atoms with Crippen LogP contribution in [0.4, 0.5) is 0 Å². The number of ketones is 1. The molecule has 0 radical (unpaired) electrons. The molecule has 3 atom stereocenters. The lowest BCUT2D eigenvalue weighted by atomic mass is 9.95. The summed E-state index contributed by atoms with van der Waals surface area (Å²) in [6.45, 7) is 8.44. The van der Waals surface area contributed by atoms with Crippen molar-refractivity contribution in [3.8, 4) is 0 Å². The summed E-state index contributed by atoms with van der Waals surface area (Å²) in [5.74, 6) is -1.85. The maximum absolute atomic E-state index is 13.1. The van der Waals surface area contributed by atoms with Gasteiger partial charge in [0.05, 0.1) is 11.9 Å². The summed E-state index contributed by atoms with van der Waals surface area (Å²) in [6.07, 6.45) is 1.18. The van der Waals surface area contributed by atoms with Crippen LogP contribution in [-0.2, 0) is 14.4 Å². The van der Waals surface area contributed by atoms with Crippen LogP contribution in [0.15, 0.2) is 30.3 Å². The number of rotatable bonds is 10. The van der Waals surface area contributed by atoms with Crippen LogP contribution in [0.1, 0.15) is 57.4 Å². The maximum Gasteiger partial charge on any atom is 0.268 e. The third kappa shape index (κ3) is 7.32. The first-order valence-electron chi connectivity index (χ1n) is 11.8. The predicted octanol–water partition coefficient (Wildman–Crippen LogP) is 3.16. The number of nitrogens with one attached hydrogen (secondary N) is 4. The van der Waals surface area contributed by atoms with Crippen molar-refractivity contribution in [2.45, 2.75) is 59.0 Å². The Hall–Kier alpha value is -2.87. The van der Waals surface area contributed by atoms with Crippen LogP contribution in [-0.4, -0.2) is 53.0 Å². The number of H-pyrrole nitrogens is 1. The van der Waals surface area contributed by atoms with Gasteiger partial charge in [-0.05, 0) is 37.3 Å². The zero-order chi connectivity index (χ0) is 25.3. The van der Waals surface area contributed by atoms with Crippen molar-refractivity contribution in [3.63, 3.8) is 0 Å². The number of aromatic amines is 1. The van der Waals surface area contributed by atoms with Crippen LogP contribution >= 0.6 is 11.6 Å². The minimum atomic E-state index is -0.881. The fourth-order valence-electron chi connectivity index (χ4n) is 3.93. The Kier molecular flexibility index (Phi) is 10.6. The number of carbonyl (C=O) groups is 4. The molecule has 186 valence electrons. The lowest BCUT2D eigenvalue weighted by Crippen LogP contribution is -2.53. The second-order valence-corrected chi connectivity index (χ2v) is 8.87. The molecule has 1 fully saturated rings. The summed E-state index contributed by atoms with van der Waals surface area (Å²) in [7, 11) is 0. The number of aromatic nitrogens is 1. The zero-order valence-corrected chi connectivity index (χ0v) is 21.0. The Morgan fingerprint density at radius 2 is 1.82 bits per heavy atom.